The van der Waals surface area contributed by atoms with Crippen LogP contribution in [0.2, 0.25) is 0 Å². The van der Waals surface area contributed by atoms with E-state index in [4.69, 9.17) is 0 Å². The van der Waals surface area contributed by atoms with Gasteiger partial charge in [-0.15, -0.1) is 0 Å². The molecule has 0 spiro atoms. The number of rotatable bonds is 4. The number of carbonyl (C=O) groups is 2. The summed E-state index contributed by atoms with van der Waals surface area (Å²) in [6, 6.07) is 14.8. The summed E-state index contributed by atoms with van der Waals surface area (Å²) in [6.45, 7) is 6.60. The van der Waals surface area contributed by atoms with Crippen LogP contribution >= 0.6 is 0 Å². The first-order valence-corrected chi connectivity index (χ1v) is 8.10. The van der Waals surface area contributed by atoms with E-state index in [1.807, 2.05) is 24.3 Å². The van der Waals surface area contributed by atoms with Crippen molar-refractivity contribution in [1.29, 1.82) is 0 Å². The number of carbonyl (C=O) groups excluding carboxylic acids is 2. The van der Waals surface area contributed by atoms with Crippen molar-refractivity contribution in [1.82, 2.24) is 0 Å². The molecule has 0 aliphatic carbocycles. The molecule has 2 aromatic carbocycles. The van der Waals surface area contributed by atoms with E-state index >= 15 is 0 Å². The van der Waals surface area contributed by atoms with Crippen molar-refractivity contribution in [2.24, 2.45) is 0 Å². The Balaban J connectivity index is 1.96. The van der Waals surface area contributed by atoms with Crippen molar-refractivity contribution in [2.45, 2.75) is 39.0 Å². The van der Waals surface area contributed by atoms with Gasteiger partial charge in [0.05, 0.1) is 16.8 Å². The molecule has 0 fully saturated rings. The van der Waals surface area contributed by atoms with Crippen molar-refractivity contribution >= 4 is 17.5 Å². The maximum atomic E-state index is 12.5. The Bertz CT molecular complexity index is 722. The minimum atomic E-state index is -0.243. The number of hydrogen-bond donors (Lipinski definition) is 0. The van der Waals surface area contributed by atoms with Gasteiger partial charge in [-0.05, 0) is 48.1 Å². The predicted octanol–water partition coefficient (Wildman–Crippen LogP) is 4.56. The molecule has 1 aliphatic heterocycles. The summed E-state index contributed by atoms with van der Waals surface area (Å²) in [5.41, 5.74) is 2.96. The Morgan fingerprint density at radius 3 is 1.74 bits per heavy atom. The standard InChI is InChI=1S/C20H21NO2/c1-4-20(3,5-2)14-10-12-15(13-11-14)21-18(22)16-8-6-7-9-17(16)19(21)23/h6-13H,4-5H2,1-3H3. The van der Waals surface area contributed by atoms with Gasteiger partial charge < -0.3 is 0 Å². The van der Waals surface area contributed by atoms with Crippen LogP contribution in [0.25, 0.3) is 0 Å². The third kappa shape index (κ3) is 2.37. The van der Waals surface area contributed by atoms with E-state index in [1.54, 1.807) is 24.3 Å². The lowest BCUT2D eigenvalue weighted by molar-refractivity contribution is 0.0926. The highest BCUT2D eigenvalue weighted by molar-refractivity contribution is 6.34. The molecular weight excluding hydrogens is 286 g/mol. The third-order valence-corrected chi connectivity index (χ3v) is 5.18. The first-order valence-electron chi connectivity index (χ1n) is 8.10. The second-order valence-electron chi connectivity index (χ2n) is 6.31. The van der Waals surface area contributed by atoms with Crippen molar-refractivity contribution in [3.05, 3.63) is 65.2 Å². The number of amides is 2. The Morgan fingerprint density at radius 2 is 1.30 bits per heavy atom. The lowest BCUT2D eigenvalue weighted by atomic mass is 9.78. The molecule has 0 saturated heterocycles. The molecule has 2 aromatic rings. The van der Waals surface area contributed by atoms with Gasteiger partial charge in [0.1, 0.15) is 0 Å². The average Bonchev–Trinajstić information content (AvgIpc) is 2.86. The molecule has 1 heterocycles. The molecule has 3 rings (SSSR count). The highest BCUT2D eigenvalue weighted by Crippen LogP contribution is 2.34. The zero-order valence-electron chi connectivity index (χ0n) is 13.8. The molecule has 1 aliphatic rings. The summed E-state index contributed by atoms with van der Waals surface area (Å²) in [4.78, 5) is 26.3. The van der Waals surface area contributed by atoms with Crippen LogP contribution in [0, 0.1) is 0 Å². The fraction of sp³-hybridized carbons (Fsp3) is 0.300. The molecule has 0 atom stereocenters. The maximum absolute atomic E-state index is 12.5. The fourth-order valence-corrected chi connectivity index (χ4v) is 3.09. The Kier molecular flexibility index (Phi) is 3.80. The Morgan fingerprint density at radius 1 is 0.826 bits per heavy atom. The molecule has 0 saturated carbocycles. The lowest BCUT2D eigenvalue weighted by Crippen LogP contribution is -2.29. The molecule has 0 radical (unpaired) electrons. The molecule has 2 amide bonds. The second kappa shape index (κ2) is 5.65. The van der Waals surface area contributed by atoms with Crippen LogP contribution in [0.1, 0.15) is 59.9 Å². The monoisotopic (exact) mass is 307 g/mol. The van der Waals surface area contributed by atoms with Crippen molar-refractivity contribution in [3.63, 3.8) is 0 Å². The second-order valence-corrected chi connectivity index (χ2v) is 6.31. The number of fused-ring (bicyclic) bond motifs is 1. The molecule has 0 bridgehead atoms. The van der Waals surface area contributed by atoms with E-state index in [1.165, 1.54) is 10.5 Å². The molecular formula is C20H21NO2. The van der Waals surface area contributed by atoms with Gasteiger partial charge in [-0.3, -0.25) is 9.59 Å². The number of hydrogen-bond acceptors (Lipinski definition) is 2. The smallest absolute Gasteiger partial charge is 0.266 e. The summed E-state index contributed by atoms with van der Waals surface area (Å²) in [7, 11) is 0. The maximum Gasteiger partial charge on any atom is 0.266 e. The predicted molar refractivity (Wildman–Crippen MR) is 92.0 cm³/mol. The van der Waals surface area contributed by atoms with Gasteiger partial charge >= 0.3 is 0 Å². The van der Waals surface area contributed by atoms with Gasteiger partial charge in [-0.1, -0.05) is 45.0 Å². The average molecular weight is 307 g/mol. The number of imide groups is 1. The summed E-state index contributed by atoms with van der Waals surface area (Å²) < 4.78 is 0. The zero-order chi connectivity index (χ0) is 16.6. The third-order valence-electron chi connectivity index (χ3n) is 5.18. The number of anilines is 1. The molecule has 0 aromatic heterocycles. The van der Waals surface area contributed by atoms with Crippen LogP contribution in [0.5, 0.6) is 0 Å². The Labute approximate surface area is 136 Å². The fourth-order valence-electron chi connectivity index (χ4n) is 3.09. The highest BCUT2D eigenvalue weighted by Gasteiger charge is 2.36. The van der Waals surface area contributed by atoms with Crippen LogP contribution in [0.4, 0.5) is 5.69 Å². The quantitative estimate of drug-likeness (QED) is 0.776. The van der Waals surface area contributed by atoms with Gasteiger partial charge in [0.15, 0.2) is 0 Å². The van der Waals surface area contributed by atoms with E-state index in [9.17, 15) is 9.59 Å². The van der Waals surface area contributed by atoms with E-state index in [0.717, 1.165) is 12.8 Å². The van der Waals surface area contributed by atoms with Crippen LogP contribution in [-0.4, -0.2) is 11.8 Å². The first kappa shape index (κ1) is 15.5. The molecule has 0 unspecified atom stereocenters. The SMILES string of the molecule is CCC(C)(CC)c1ccc(N2C(=O)c3ccccc3C2=O)cc1. The lowest BCUT2D eigenvalue weighted by Gasteiger charge is -2.28. The van der Waals surface area contributed by atoms with Crippen LogP contribution < -0.4 is 4.90 Å². The number of benzene rings is 2. The Hall–Kier alpha value is -2.42. The van der Waals surface area contributed by atoms with Gasteiger partial charge in [0.25, 0.3) is 11.8 Å². The minimum Gasteiger partial charge on any atom is -0.268 e. The van der Waals surface area contributed by atoms with Crippen molar-refractivity contribution in [3.8, 4) is 0 Å². The van der Waals surface area contributed by atoms with E-state index < -0.39 is 0 Å². The minimum absolute atomic E-state index is 0.126. The van der Waals surface area contributed by atoms with Gasteiger partial charge in [0.2, 0.25) is 0 Å². The molecule has 3 heteroatoms. The molecule has 118 valence electrons. The summed E-state index contributed by atoms with van der Waals surface area (Å²) in [5, 5.41) is 0. The zero-order valence-corrected chi connectivity index (χ0v) is 13.8. The normalized spacial score (nSPS) is 14.3. The van der Waals surface area contributed by atoms with Gasteiger partial charge in [-0.2, -0.15) is 0 Å². The number of nitrogens with zero attached hydrogens (tertiary/aromatic N) is 1. The van der Waals surface area contributed by atoms with Crippen molar-refractivity contribution < 1.29 is 9.59 Å². The summed E-state index contributed by atoms with van der Waals surface area (Å²) >= 11 is 0. The summed E-state index contributed by atoms with van der Waals surface area (Å²) in [5.74, 6) is -0.487. The summed E-state index contributed by atoms with van der Waals surface area (Å²) in [6.07, 6.45) is 2.10. The van der Waals surface area contributed by atoms with Crippen LogP contribution in [0.15, 0.2) is 48.5 Å². The molecule has 3 nitrogen and oxygen atoms in total. The van der Waals surface area contributed by atoms with Gasteiger partial charge in [0, 0.05) is 0 Å². The van der Waals surface area contributed by atoms with Crippen LogP contribution in [0.3, 0.4) is 0 Å². The first-order chi connectivity index (χ1) is 11.0. The molecule has 23 heavy (non-hydrogen) atoms. The van der Waals surface area contributed by atoms with Crippen LogP contribution in [-0.2, 0) is 5.41 Å². The largest absolute Gasteiger partial charge is 0.268 e. The molecule has 0 N–H and O–H groups in total. The topological polar surface area (TPSA) is 37.4 Å². The highest BCUT2D eigenvalue weighted by atomic mass is 16.2. The van der Waals surface area contributed by atoms with Gasteiger partial charge in [-0.25, -0.2) is 4.90 Å². The van der Waals surface area contributed by atoms with E-state index in [-0.39, 0.29) is 17.2 Å². The van der Waals surface area contributed by atoms with E-state index in [2.05, 4.69) is 20.8 Å². The van der Waals surface area contributed by atoms with E-state index in [0.29, 0.717) is 16.8 Å². The van der Waals surface area contributed by atoms with Crippen molar-refractivity contribution in [2.75, 3.05) is 4.90 Å².